The van der Waals surface area contributed by atoms with Gasteiger partial charge in [0.1, 0.15) is 5.82 Å². The van der Waals surface area contributed by atoms with Gasteiger partial charge in [-0.25, -0.2) is 4.98 Å². The van der Waals surface area contributed by atoms with E-state index in [0.717, 1.165) is 62.6 Å². The molecule has 2 aromatic heterocycles. The average Bonchev–Trinajstić information content (AvgIpc) is 3.09. The van der Waals surface area contributed by atoms with Crippen LogP contribution >= 0.6 is 0 Å². The van der Waals surface area contributed by atoms with Crippen molar-refractivity contribution in [1.82, 2.24) is 30.0 Å². The fraction of sp³-hybridized carbons (Fsp3) is 0.529. The smallest absolute Gasteiger partial charge is 0.237 e. The number of aromatic nitrogens is 4. The number of hydrogen-bond donors (Lipinski definition) is 1. The predicted octanol–water partition coefficient (Wildman–Crippen LogP) is 0.278. The second kappa shape index (κ2) is 6.79. The first kappa shape index (κ1) is 16.0. The first-order valence-electron chi connectivity index (χ1n) is 8.78. The highest BCUT2D eigenvalue weighted by atomic mass is 16.2. The summed E-state index contributed by atoms with van der Waals surface area (Å²) in [6.45, 7) is 4.27. The molecular formula is C17H23N7O. The minimum Gasteiger partial charge on any atom is -0.355 e. The van der Waals surface area contributed by atoms with Crippen molar-refractivity contribution in [3.05, 3.63) is 24.8 Å². The fourth-order valence-corrected chi connectivity index (χ4v) is 3.57. The molecule has 132 valence electrons. The van der Waals surface area contributed by atoms with Crippen LogP contribution in [-0.2, 0) is 11.8 Å². The number of nitrogens with zero attached hydrogens (tertiary/aromatic N) is 6. The number of anilines is 1. The van der Waals surface area contributed by atoms with Gasteiger partial charge in [-0.1, -0.05) is 0 Å². The Morgan fingerprint density at radius 3 is 2.72 bits per heavy atom. The van der Waals surface area contributed by atoms with Gasteiger partial charge >= 0.3 is 0 Å². The van der Waals surface area contributed by atoms with Gasteiger partial charge in [-0.3, -0.25) is 19.4 Å². The Hall–Kier alpha value is -2.48. The zero-order valence-corrected chi connectivity index (χ0v) is 14.4. The molecule has 0 aliphatic carbocycles. The molecule has 1 N–H and O–H groups in total. The molecule has 4 heterocycles. The quantitative estimate of drug-likeness (QED) is 0.864. The maximum atomic E-state index is 12.1. The van der Waals surface area contributed by atoms with E-state index >= 15 is 0 Å². The van der Waals surface area contributed by atoms with E-state index in [0.29, 0.717) is 0 Å². The van der Waals surface area contributed by atoms with Crippen molar-refractivity contribution in [2.75, 3.05) is 37.6 Å². The van der Waals surface area contributed by atoms with Gasteiger partial charge in [0.25, 0.3) is 0 Å². The van der Waals surface area contributed by atoms with Crippen molar-refractivity contribution in [3.8, 4) is 11.3 Å². The Labute approximate surface area is 146 Å². The highest BCUT2D eigenvalue weighted by molar-refractivity contribution is 5.82. The molecule has 2 aliphatic heterocycles. The van der Waals surface area contributed by atoms with Gasteiger partial charge in [0.15, 0.2) is 0 Å². The second-order valence-electron chi connectivity index (χ2n) is 6.64. The zero-order valence-electron chi connectivity index (χ0n) is 14.4. The summed E-state index contributed by atoms with van der Waals surface area (Å²) in [4.78, 5) is 25.7. The third kappa shape index (κ3) is 3.34. The van der Waals surface area contributed by atoms with Crippen molar-refractivity contribution in [2.45, 2.75) is 18.9 Å². The lowest BCUT2D eigenvalue weighted by Gasteiger charge is -2.40. The lowest BCUT2D eigenvalue weighted by Crippen LogP contribution is -2.56. The number of piperidine rings is 1. The minimum absolute atomic E-state index is 0.0312. The summed E-state index contributed by atoms with van der Waals surface area (Å²) in [6, 6.07) is 0.0312. The van der Waals surface area contributed by atoms with E-state index in [9.17, 15) is 4.79 Å². The van der Waals surface area contributed by atoms with Crippen LogP contribution in [-0.4, -0.2) is 69.3 Å². The number of nitrogens with one attached hydrogen (secondary N) is 1. The summed E-state index contributed by atoms with van der Waals surface area (Å²) in [6.07, 6.45) is 9.34. The predicted molar refractivity (Wildman–Crippen MR) is 94.1 cm³/mol. The molecule has 1 unspecified atom stereocenters. The van der Waals surface area contributed by atoms with Gasteiger partial charge in [-0.2, -0.15) is 5.10 Å². The van der Waals surface area contributed by atoms with Crippen LogP contribution in [0, 0.1) is 0 Å². The number of carbonyl (C=O) groups is 1. The van der Waals surface area contributed by atoms with Crippen LogP contribution in [0.5, 0.6) is 0 Å². The number of rotatable bonds is 3. The number of amides is 1. The molecule has 25 heavy (non-hydrogen) atoms. The van der Waals surface area contributed by atoms with Crippen LogP contribution < -0.4 is 10.2 Å². The van der Waals surface area contributed by atoms with Gasteiger partial charge in [-0.15, -0.1) is 0 Å². The SMILES string of the molecule is Cn1cc(-c2cncc(N3CCN(C4CCCNC4=O)CC3)n2)cn1. The standard InChI is InChI=1S/C17H23N7O/c1-22-12-13(9-20-22)14-10-18-11-16(21-14)24-7-5-23(6-8-24)15-3-2-4-19-17(15)25/h9-12,15H,2-8H2,1H3,(H,19,25). The highest BCUT2D eigenvalue weighted by Gasteiger charge is 2.31. The monoisotopic (exact) mass is 341 g/mol. The molecule has 0 aromatic carbocycles. The van der Waals surface area contributed by atoms with Gasteiger partial charge < -0.3 is 10.2 Å². The molecule has 2 aliphatic rings. The van der Waals surface area contributed by atoms with E-state index in [2.05, 4.69) is 25.2 Å². The molecule has 1 atom stereocenters. The van der Waals surface area contributed by atoms with E-state index in [1.807, 2.05) is 19.4 Å². The molecule has 0 spiro atoms. The number of piperazine rings is 1. The molecule has 8 heteroatoms. The fourth-order valence-electron chi connectivity index (χ4n) is 3.57. The average molecular weight is 341 g/mol. The van der Waals surface area contributed by atoms with Crippen molar-refractivity contribution < 1.29 is 4.79 Å². The van der Waals surface area contributed by atoms with Crippen LogP contribution in [0.15, 0.2) is 24.8 Å². The van der Waals surface area contributed by atoms with Crippen LogP contribution in [0.4, 0.5) is 5.82 Å². The lowest BCUT2D eigenvalue weighted by molar-refractivity contribution is -0.128. The molecule has 2 saturated heterocycles. The van der Waals surface area contributed by atoms with Gasteiger partial charge in [0, 0.05) is 51.5 Å². The lowest BCUT2D eigenvalue weighted by atomic mass is 10.0. The summed E-state index contributed by atoms with van der Waals surface area (Å²) < 4.78 is 1.76. The summed E-state index contributed by atoms with van der Waals surface area (Å²) in [5.41, 5.74) is 1.80. The normalized spacial score (nSPS) is 22.0. The minimum atomic E-state index is 0.0312. The molecule has 0 saturated carbocycles. The van der Waals surface area contributed by atoms with Crippen molar-refractivity contribution in [1.29, 1.82) is 0 Å². The highest BCUT2D eigenvalue weighted by Crippen LogP contribution is 2.21. The van der Waals surface area contributed by atoms with Gasteiger partial charge in [0.05, 0.1) is 30.3 Å². The maximum absolute atomic E-state index is 12.1. The summed E-state index contributed by atoms with van der Waals surface area (Å²) in [5, 5.41) is 7.17. The molecule has 4 rings (SSSR count). The summed E-state index contributed by atoms with van der Waals surface area (Å²) >= 11 is 0. The van der Waals surface area contributed by atoms with Gasteiger partial charge in [0.2, 0.25) is 5.91 Å². The molecule has 2 aromatic rings. The van der Waals surface area contributed by atoms with E-state index < -0.39 is 0 Å². The Morgan fingerprint density at radius 2 is 2.00 bits per heavy atom. The molecule has 0 radical (unpaired) electrons. The third-order valence-electron chi connectivity index (χ3n) is 4.96. The number of aryl methyl sites for hydroxylation is 1. The molecule has 0 bridgehead atoms. The summed E-state index contributed by atoms with van der Waals surface area (Å²) in [5.74, 6) is 1.06. The Kier molecular flexibility index (Phi) is 4.35. The maximum Gasteiger partial charge on any atom is 0.237 e. The first-order valence-corrected chi connectivity index (χ1v) is 8.78. The third-order valence-corrected chi connectivity index (χ3v) is 4.96. The van der Waals surface area contributed by atoms with E-state index in [4.69, 9.17) is 4.98 Å². The largest absolute Gasteiger partial charge is 0.355 e. The Morgan fingerprint density at radius 1 is 1.16 bits per heavy atom. The Balaban J connectivity index is 1.43. The first-order chi connectivity index (χ1) is 12.2. The van der Waals surface area contributed by atoms with Crippen LogP contribution in [0.3, 0.4) is 0 Å². The number of hydrogen-bond acceptors (Lipinski definition) is 6. The van der Waals surface area contributed by atoms with Crippen molar-refractivity contribution in [2.24, 2.45) is 7.05 Å². The van der Waals surface area contributed by atoms with Crippen molar-refractivity contribution in [3.63, 3.8) is 0 Å². The van der Waals surface area contributed by atoms with Crippen LogP contribution in [0.1, 0.15) is 12.8 Å². The van der Waals surface area contributed by atoms with Crippen LogP contribution in [0.2, 0.25) is 0 Å². The molecule has 8 nitrogen and oxygen atoms in total. The molecule has 1 amide bonds. The zero-order chi connectivity index (χ0) is 17.2. The van der Waals surface area contributed by atoms with Crippen molar-refractivity contribution >= 4 is 11.7 Å². The number of carbonyl (C=O) groups excluding carboxylic acids is 1. The summed E-state index contributed by atoms with van der Waals surface area (Å²) in [7, 11) is 1.89. The topological polar surface area (TPSA) is 79.2 Å². The molecule has 2 fully saturated rings. The van der Waals surface area contributed by atoms with Gasteiger partial charge in [-0.05, 0) is 12.8 Å². The van der Waals surface area contributed by atoms with E-state index in [1.165, 1.54) is 0 Å². The van der Waals surface area contributed by atoms with E-state index in [1.54, 1.807) is 17.1 Å². The van der Waals surface area contributed by atoms with Crippen LogP contribution in [0.25, 0.3) is 11.3 Å². The second-order valence-corrected chi connectivity index (χ2v) is 6.64. The Bertz CT molecular complexity index is 751. The molecular weight excluding hydrogens is 318 g/mol. The van der Waals surface area contributed by atoms with E-state index in [-0.39, 0.29) is 11.9 Å².